The molecule has 37 heavy (non-hydrogen) atoms. The molecule has 0 saturated carbocycles. The Labute approximate surface area is 218 Å². The number of likely N-dealkylation sites (tertiary alicyclic amines) is 2. The van der Waals surface area contributed by atoms with E-state index in [-0.39, 0.29) is 17.7 Å². The Morgan fingerprint density at radius 3 is 2.73 bits per heavy atom. The molecular weight excluding hydrogens is 495 g/mol. The summed E-state index contributed by atoms with van der Waals surface area (Å²) in [6.45, 7) is 3.39. The highest BCUT2D eigenvalue weighted by Crippen LogP contribution is 2.33. The van der Waals surface area contributed by atoms with E-state index in [1.54, 1.807) is 24.4 Å². The van der Waals surface area contributed by atoms with Gasteiger partial charge in [-0.1, -0.05) is 11.6 Å². The van der Waals surface area contributed by atoms with Crippen molar-refractivity contribution in [2.75, 3.05) is 25.5 Å². The molecule has 0 aliphatic carbocycles. The predicted molar refractivity (Wildman–Crippen MR) is 140 cm³/mol. The Balaban J connectivity index is 1.25. The van der Waals surface area contributed by atoms with Crippen molar-refractivity contribution < 1.29 is 13.9 Å². The zero-order valence-corrected chi connectivity index (χ0v) is 21.0. The van der Waals surface area contributed by atoms with E-state index in [9.17, 15) is 9.18 Å². The van der Waals surface area contributed by atoms with Crippen LogP contribution in [0.25, 0.3) is 22.2 Å². The molecule has 2 fully saturated rings. The number of likely N-dealkylation sites (N-methyl/N-ethyl adjacent to an activating group) is 1. The minimum absolute atomic E-state index is 0.208. The Bertz CT molecular complexity index is 1530. The number of anilines is 2. The fraction of sp³-hybridized carbons (Fsp3) is 0.259. The van der Waals surface area contributed by atoms with Gasteiger partial charge in [0.05, 0.1) is 22.6 Å². The molecule has 2 aromatic heterocycles. The number of amides is 1. The zero-order chi connectivity index (χ0) is 25.7. The average molecular weight is 519 g/mol. The van der Waals surface area contributed by atoms with Crippen molar-refractivity contribution in [3.8, 4) is 17.0 Å². The van der Waals surface area contributed by atoms with Gasteiger partial charge in [-0.15, -0.1) is 0 Å². The zero-order valence-electron chi connectivity index (χ0n) is 20.3. The van der Waals surface area contributed by atoms with Crippen molar-refractivity contribution in [1.82, 2.24) is 25.0 Å². The van der Waals surface area contributed by atoms with E-state index >= 15 is 0 Å². The molecule has 2 aromatic carbocycles. The van der Waals surface area contributed by atoms with Gasteiger partial charge in [-0.05, 0) is 62.9 Å². The van der Waals surface area contributed by atoms with Crippen LogP contribution in [0.3, 0.4) is 0 Å². The van der Waals surface area contributed by atoms with Crippen molar-refractivity contribution in [3.05, 3.63) is 71.3 Å². The van der Waals surface area contributed by atoms with Crippen LogP contribution < -0.4 is 10.1 Å². The Morgan fingerprint density at radius 1 is 1.08 bits per heavy atom. The SMILES string of the molecule is Cc1nnc(-c2cc(Cl)ccc2F)cc1Nc1ccnc2cc(OC(=O)N3C[C@H]4C[C@@H]3CN4C)ccc12. The van der Waals surface area contributed by atoms with Gasteiger partial charge in [0, 0.05) is 59.1 Å². The van der Waals surface area contributed by atoms with E-state index in [0.29, 0.717) is 46.0 Å². The lowest BCUT2D eigenvalue weighted by molar-refractivity contribution is 0.118. The molecule has 2 aliphatic heterocycles. The van der Waals surface area contributed by atoms with Crippen LogP contribution in [0.4, 0.5) is 20.6 Å². The molecule has 8 nitrogen and oxygen atoms in total. The maximum atomic E-state index is 14.4. The lowest BCUT2D eigenvalue weighted by Crippen LogP contribution is -2.48. The van der Waals surface area contributed by atoms with Crippen LogP contribution in [0.1, 0.15) is 12.1 Å². The molecule has 2 saturated heterocycles. The fourth-order valence-corrected chi connectivity index (χ4v) is 5.27. The van der Waals surface area contributed by atoms with Crippen molar-refractivity contribution in [2.24, 2.45) is 0 Å². The summed E-state index contributed by atoms with van der Waals surface area (Å²) in [4.78, 5) is 21.4. The molecule has 1 amide bonds. The summed E-state index contributed by atoms with van der Waals surface area (Å²) in [5.74, 6) is 0.0116. The number of rotatable bonds is 4. The minimum Gasteiger partial charge on any atom is -0.410 e. The first-order chi connectivity index (χ1) is 17.9. The van der Waals surface area contributed by atoms with Crippen molar-refractivity contribution in [3.63, 3.8) is 0 Å². The topological polar surface area (TPSA) is 83.5 Å². The molecule has 2 atom stereocenters. The van der Waals surface area contributed by atoms with Gasteiger partial charge in [0.1, 0.15) is 11.6 Å². The predicted octanol–water partition coefficient (Wildman–Crippen LogP) is 5.42. The number of piperazine rings is 1. The van der Waals surface area contributed by atoms with Gasteiger partial charge in [0.15, 0.2) is 0 Å². The number of nitrogens with one attached hydrogen (secondary N) is 1. The second-order valence-electron chi connectivity index (χ2n) is 9.52. The first kappa shape index (κ1) is 23.6. The van der Waals surface area contributed by atoms with E-state index in [0.717, 1.165) is 24.0 Å². The van der Waals surface area contributed by atoms with Crippen LogP contribution in [-0.2, 0) is 0 Å². The Kier molecular flexibility index (Phi) is 5.89. The number of hydrogen-bond donors (Lipinski definition) is 1. The molecule has 0 unspecified atom stereocenters. The molecular formula is C27H24ClFN6O2. The fourth-order valence-electron chi connectivity index (χ4n) is 5.10. The first-order valence-corrected chi connectivity index (χ1v) is 12.4. The summed E-state index contributed by atoms with van der Waals surface area (Å²) < 4.78 is 20.1. The monoisotopic (exact) mass is 518 g/mol. The molecule has 1 N–H and O–H groups in total. The van der Waals surface area contributed by atoms with E-state index < -0.39 is 5.82 Å². The van der Waals surface area contributed by atoms with E-state index in [2.05, 4.69) is 32.4 Å². The van der Waals surface area contributed by atoms with Gasteiger partial charge < -0.3 is 15.0 Å². The number of carbonyl (C=O) groups excluding carboxylic acids is 1. The number of aryl methyl sites for hydroxylation is 1. The smallest absolute Gasteiger partial charge is 0.410 e. The summed E-state index contributed by atoms with van der Waals surface area (Å²) in [6.07, 6.45) is 2.34. The second-order valence-corrected chi connectivity index (χ2v) is 9.95. The molecule has 0 radical (unpaired) electrons. The highest BCUT2D eigenvalue weighted by Gasteiger charge is 2.44. The molecule has 2 aliphatic rings. The largest absolute Gasteiger partial charge is 0.415 e. The number of pyridine rings is 1. The van der Waals surface area contributed by atoms with Gasteiger partial charge in [-0.2, -0.15) is 10.2 Å². The molecule has 4 aromatic rings. The number of nitrogens with zero attached hydrogens (tertiary/aromatic N) is 5. The number of benzene rings is 2. The quantitative estimate of drug-likeness (QED) is 0.386. The summed E-state index contributed by atoms with van der Waals surface area (Å²) in [5, 5.41) is 13.0. The lowest BCUT2D eigenvalue weighted by Gasteiger charge is -2.31. The normalized spacial score (nSPS) is 19.0. The third kappa shape index (κ3) is 4.45. The summed E-state index contributed by atoms with van der Waals surface area (Å²) >= 11 is 6.06. The standard InChI is InChI=1S/C27H24ClFN6O2/c1-15-24(12-26(33-32-15)21-9-16(28)3-6-22(21)29)31-23-7-8-30-25-11-19(4-5-20(23)25)37-27(36)35-14-17-10-18(35)13-34(17)2/h3-9,11-12,17-18H,10,13-14H2,1-2H3,(H,30,31,33)/t17-,18-/m1/s1. The van der Waals surface area contributed by atoms with E-state index in [1.807, 2.05) is 24.0 Å². The minimum atomic E-state index is -0.432. The van der Waals surface area contributed by atoms with E-state index in [4.69, 9.17) is 16.3 Å². The summed E-state index contributed by atoms with van der Waals surface area (Å²) in [7, 11) is 2.09. The average Bonchev–Trinajstić information content (AvgIpc) is 3.47. The Hall–Kier alpha value is -3.82. The number of aromatic nitrogens is 3. The number of carbonyl (C=O) groups is 1. The molecule has 10 heteroatoms. The molecule has 4 heterocycles. The molecule has 2 bridgehead atoms. The van der Waals surface area contributed by atoms with Gasteiger partial charge in [0.2, 0.25) is 0 Å². The number of fused-ring (bicyclic) bond motifs is 3. The number of hydrogen-bond acceptors (Lipinski definition) is 7. The molecule has 0 spiro atoms. The highest BCUT2D eigenvalue weighted by molar-refractivity contribution is 6.30. The lowest BCUT2D eigenvalue weighted by atomic mass is 10.1. The number of ether oxygens (including phenoxy) is 1. The van der Waals surface area contributed by atoms with Gasteiger partial charge >= 0.3 is 6.09 Å². The second kappa shape index (κ2) is 9.24. The van der Waals surface area contributed by atoms with Crippen molar-refractivity contribution in [1.29, 1.82) is 0 Å². The molecule has 188 valence electrons. The van der Waals surface area contributed by atoms with Crippen LogP contribution in [0.5, 0.6) is 5.75 Å². The third-order valence-electron chi connectivity index (χ3n) is 7.12. The van der Waals surface area contributed by atoms with Gasteiger partial charge in [0.25, 0.3) is 0 Å². The van der Waals surface area contributed by atoms with E-state index in [1.165, 1.54) is 18.2 Å². The van der Waals surface area contributed by atoms with Crippen LogP contribution in [-0.4, -0.2) is 63.3 Å². The van der Waals surface area contributed by atoms with Crippen LogP contribution in [0.15, 0.2) is 54.7 Å². The maximum absolute atomic E-state index is 14.4. The van der Waals surface area contributed by atoms with Crippen molar-refractivity contribution >= 4 is 40.0 Å². The van der Waals surface area contributed by atoms with Crippen LogP contribution in [0, 0.1) is 12.7 Å². The van der Waals surface area contributed by atoms with Crippen LogP contribution in [0.2, 0.25) is 5.02 Å². The van der Waals surface area contributed by atoms with Gasteiger partial charge in [-0.3, -0.25) is 9.88 Å². The third-order valence-corrected chi connectivity index (χ3v) is 7.36. The summed E-state index contributed by atoms with van der Waals surface area (Å²) in [6, 6.07) is 13.9. The Morgan fingerprint density at radius 2 is 1.95 bits per heavy atom. The maximum Gasteiger partial charge on any atom is 0.415 e. The molecule has 6 rings (SSSR count). The first-order valence-electron chi connectivity index (χ1n) is 12.0. The highest BCUT2D eigenvalue weighted by atomic mass is 35.5. The van der Waals surface area contributed by atoms with Gasteiger partial charge in [-0.25, -0.2) is 9.18 Å². The van der Waals surface area contributed by atoms with Crippen LogP contribution >= 0.6 is 11.6 Å². The number of halogens is 2. The summed E-state index contributed by atoms with van der Waals surface area (Å²) in [5.41, 5.74) is 3.39. The van der Waals surface area contributed by atoms with Crippen molar-refractivity contribution in [2.45, 2.75) is 25.4 Å².